The number of amides is 2. The maximum Gasteiger partial charge on any atom is 0.245 e. The zero-order valence-electron chi connectivity index (χ0n) is 9.04. The maximum absolute atomic E-state index is 11.8. The second kappa shape index (κ2) is 4.44. The molecule has 0 bridgehead atoms. The fourth-order valence-corrected chi connectivity index (χ4v) is 1.55. The van der Waals surface area contributed by atoms with Crippen LogP contribution in [0.1, 0.15) is 26.7 Å². The lowest BCUT2D eigenvalue weighted by Gasteiger charge is -2.24. The SMILES string of the molecule is CCC(C)C1NC(=O)CCN(C)C1=O. The Morgan fingerprint density at radius 3 is 2.79 bits per heavy atom. The summed E-state index contributed by atoms with van der Waals surface area (Å²) < 4.78 is 0. The summed E-state index contributed by atoms with van der Waals surface area (Å²) in [7, 11) is 1.75. The van der Waals surface area contributed by atoms with Crippen LogP contribution in [0.5, 0.6) is 0 Å². The predicted molar refractivity (Wildman–Crippen MR) is 53.6 cm³/mol. The van der Waals surface area contributed by atoms with Crippen molar-refractivity contribution in [3.63, 3.8) is 0 Å². The maximum atomic E-state index is 11.8. The number of likely N-dealkylation sites (N-methyl/N-ethyl adjacent to an activating group) is 1. The second-order valence-electron chi connectivity index (χ2n) is 3.94. The molecule has 1 N–H and O–H groups in total. The number of nitrogens with zero attached hydrogens (tertiary/aromatic N) is 1. The fourth-order valence-electron chi connectivity index (χ4n) is 1.55. The van der Waals surface area contributed by atoms with Crippen molar-refractivity contribution in [2.24, 2.45) is 5.92 Å². The highest BCUT2D eigenvalue weighted by Crippen LogP contribution is 2.12. The zero-order valence-corrected chi connectivity index (χ0v) is 9.04. The van der Waals surface area contributed by atoms with Gasteiger partial charge in [-0.2, -0.15) is 0 Å². The van der Waals surface area contributed by atoms with E-state index in [2.05, 4.69) is 5.32 Å². The van der Waals surface area contributed by atoms with Gasteiger partial charge in [0.05, 0.1) is 0 Å². The van der Waals surface area contributed by atoms with Gasteiger partial charge in [-0.3, -0.25) is 9.59 Å². The van der Waals surface area contributed by atoms with Gasteiger partial charge in [-0.25, -0.2) is 0 Å². The summed E-state index contributed by atoms with van der Waals surface area (Å²) >= 11 is 0. The van der Waals surface area contributed by atoms with E-state index >= 15 is 0 Å². The van der Waals surface area contributed by atoms with Gasteiger partial charge in [-0.15, -0.1) is 0 Å². The molecule has 0 aliphatic carbocycles. The highest BCUT2D eigenvalue weighted by atomic mass is 16.2. The van der Waals surface area contributed by atoms with E-state index in [1.807, 2.05) is 13.8 Å². The van der Waals surface area contributed by atoms with Crippen molar-refractivity contribution in [2.75, 3.05) is 13.6 Å². The Kier molecular flexibility index (Phi) is 3.49. The van der Waals surface area contributed by atoms with Crippen LogP contribution in [-0.4, -0.2) is 36.3 Å². The van der Waals surface area contributed by atoms with Crippen LogP contribution in [0.4, 0.5) is 0 Å². The Hall–Kier alpha value is -1.06. The Bertz CT molecular complexity index is 240. The van der Waals surface area contributed by atoms with E-state index in [1.165, 1.54) is 0 Å². The monoisotopic (exact) mass is 198 g/mol. The predicted octanol–water partition coefficient (Wildman–Crippen LogP) is 0.379. The van der Waals surface area contributed by atoms with E-state index in [0.717, 1.165) is 6.42 Å². The van der Waals surface area contributed by atoms with Crippen molar-refractivity contribution < 1.29 is 9.59 Å². The largest absolute Gasteiger partial charge is 0.344 e. The molecule has 0 radical (unpaired) electrons. The third-order valence-electron chi connectivity index (χ3n) is 2.85. The first-order chi connectivity index (χ1) is 6.56. The van der Waals surface area contributed by atoms with Crippen LogP contribution < -0.4 is 5.32 Å². The zero-order chi connectivity index (χ0) is 10.7. The standard InChI is InChI=1S/C10H18N2O2/c1-4-7(2)9-10(14)12(3)6-5-8(13)11-9/h7,9H,4-6H2,1-3H3,(H,11,13). The molecule has 1 aliphatic heterocycles. The van der Waals surface area contributed by atoms with Crippen LogP contribution in [0.2, 0.25) is 0 Å². The lowest BCUT2D eigenvalue weighted by molar-refractivity contribution is -0.133. The molecule has 0 saturated carbocycles. The first-order valence-corrected chi connectivity index (χ1v) is 5.10. The first-order valence-electron chi connectivity index (χ1n) is 5.10. The smallest absolute Gasteiger partial charge is 0.245 e. The highest BCUT2D eigenvalue weighted by Gasteiger charge is 2.30. The number of hydrogen-bond donors (Lipinski definition) is 1. The lowest BCUT2D eigenvalue weighted by atomic mass is 9.98. The molecule has 4 nitrogen and oxygen atoms in total. The normalized spacial score (nSPS) is 25.6. The molecule has 0 spiro atoms. The van der Waals surface area contributed by atoms with Gasteiger partial charge in [0.2, 0.25) is 11.8 Å². The van der Waals surface area contributed by atoms with Crippen molar-refractivity contribution in [3.05, 3.63) is 0 Å². The van der Waals surface area contributed by atoms with E-state index in [1.54, 1.807) is 11.9 Å². The molecule has 80 valence electrons. The van der Waals surface area contributed by atoms with Crippen molar-refractivity contribution in [2.45, 2.75) is 32.7 Å². The third kappa shape index (κ3) is 2.25. The minimum atomic E-state index is -0.333. The molecule has 0 aromatic heterocycles. The number of carbonyl (C=O) groups excluding carboxylic acids is 2. The summed E-state index contributed by atoms with van der Waals surface area (Å²) in [6.07, 6.45) is 1.31. The van der Waals surface area contributed by atoms with Crippen LogP contribution in [0, 0.1) is 5.92 Å². The summed E-state index contributed by atoms with van der Waals surface area (Å²) in [4.78, 5) is 24.8. The molecule has 1 heterocycles. The molecule has 0 aromatic rings. The molecule has 2 unspecified atom stereocenters. The molecule has 1 rings (SSSR count). The minimum Gasteiger partial charge on any atom is -0.344 e. The summed E-state index contributed by atoms with van der Waals surface area (Å²) in [5, 5.41) is 2.78. The molecule has 4 heteroatoms. The molecular formula is C10H18N2O2. The van der Waals surface area contributed by atoms with Gasteiger partial charge in [-0.05, 0) is 5.92 Å². The molecular weight excluding hydrogens is 180 g/mol. The van der Waals surface area contributed by atoms with Gasteiger partial charge in [0, 0.05) is 20.0 Å². The first kappa shape index (κ1) is 11.0. The van der Waals surface area contributed by atoms with Gasteiger partial charge < -0.3 is 10.2 Å². The lowest BCUT2D eigenvalue weighted by Crippen LogP contribution is -2.47. The summed E-state index contributed by atoms with van der Waals surface area (Å²) in [6.45, 7) is 4.54. The molecule has 2 amide bonds. The Balaban J connectivity index is 2.78. The second-order valence-corrected chi connectivity index (χ2v) is 3.94. The average Bonchev–Trinajstić information content (AvgIpc) is 2.30. The van der Waals surface area contributed by atoms with Crippen molar-refractivity contribution >= 4 is 11.8 Å². The van der Waals surface area contributed by atoms with Crippen LogP contribution in [0.3, 0.4) is 0 Å². The molecule has 1 aliphatic rings. The van der Waals surface area contributed by atoms with E-state index in [-0.39, 0.29) is 23.8 Å². The minimum absolute atomic E-state index is 0.0204. The number of hydrogen-bond acceptors (Lipinski definition) is 2. The summed E-state index contributed by atoms with van der Waals surface area (Å²) in [6, 6.07) is -0.333. The van der Waals surface area contributed by atoms with E-state index < -0.39 is 0 Å². The number of nitrogens with one attached hydrogen (secondary N) is 1. The summed E-state index contributed by atoms with van der Waals surface area (Å²) in [5.74, 6) is 0.213. The van der Waals surface area contributed by atoms with E-state index in [0.29, 0.717) is 13.0 Å². The van der Waals surface area contributed by atoms with Crippen LogP contribution in [0.15, 0.2) is 0 Å². The number of carbonyl (C=O) groups is 2. The quantitative estimate of drug-likeness (QED) is 0.697. The van der Waals surface area contributed by atoms with Crippen LogP contribution >= 0.6 is 0 Å². The Labute approximate surface area is 84.7 Å². The third-order valence-corrected chi connectivity index (χ3v) is 2.85. The summed E-state index contributed by atoms with van der Waals surface area (Å²) in [5.41, 5.74) is 0. The Morgan fingerprint density at radius 1 is 1.57 bits per heavy atom. The van der Waals surface area contributed by atoms with Gasteiger partial charge >= 0.3 is 0 Å². The molecule has 0 aromatic carbocycles. The van der Waals surface area contributed by atoms with E-state index in [9.17, 15) is 9.59 Å². The van der Waals surface area contributed by atoms with Crippen molar-refractivity contribution in [3.8, 4) is 0 Å². The van der Waals surface area contributed by atoms with Gasteiger partial charge in [0.25, 0.3) is 0 Å². The van der Waals surface area contributed by atoms with Crippen LogP contribution in [0.25, 0.3) is 0 Å². The number of rotatable bonds is 2. The van der Waals surface area contributed by atoms with Gasteiger partial charge in [-0.1, -0.05) is 20.3 Å². The average molecular weight is 198 g/mol. The molecule has 2 atom stereocenters. The highest BCUT2D eigenvalue weighted by molar-refractivity contribution is 5.89. The van der Waals surface area contributed by atoms with Gasteiger partial charge in [0.1, 0.15) is 6.04 Å². The Morgan fingerprint density at radius 2 is 2.21 bits per heavy atom. The van der Waals surface area contributed by atoms with Crippen LogP contribution in [-0.2, 0) is 9.59 Å². The van der Waals surface area contributed by atoms with Crippen molar-refractivity contribution in [1.29, 1.82) is 0 Å². The molecule has 14 heavy (non-hydrogen) atoms. The van der Waals surface area contributed by atoms with Crippen molar-refractivity contribution in [1.82, 2.24) is 10.2 Å². The molecule has 1 fully saturated rings. The molecule has 1 saturated heterocycles. The van der Waals surface area contributed by atoms with Gasteiger partial charge in [0.15, 0.2) is 0 Å². The fraction of sp³-hybridized carbons (Fsp3) is 0.800. The topological polar surface area (TPSA) is 49.4 Å². The van der Waals surface area contributed by atoms with E-state index in [4.69, 9.17) is 0 Å².